The van der Waals surface area contributed by atoms with Gasteiger partial charge in [-0.1, -0.05) is 11.6 Å². The van der Waals surface area contributed by atoms with E-state index in [1.807, 2.05) is 0 Å². The summed E-state index contributed by atoms with van der Waals surface area (Å²) in [4.78, 5) is 22.1. The van der Waals surface area contributed by atoms with Crippen molar-refractivity contribution in [3.05, 3.63) is 22.7 Å². The van der Waals surface area contributed by atoms with Gasteiger partial charge in [-0.3, -0.25) is 4.79 Å². The van der Waals surface area contributed by atoms with Crippen molar-refractivity contribution >= 4 is 34.9 Å². The summed E-state index contributed by atoms with van der Waals surface area (Å²) in [5.74, 6) is -1.28. The van der Waals surface area contributed by atoms with E-state index in [1.54, 1.807) is 0 Å². The zero-order chi connectivity index (χ0) is 13.7. The van der Waals surface area contributed by atoms with Crippen LogP contribution in [0.15, 0.2) is 12.1 Å². The number of carbonyl (C=O) groups is 2. The van der Waals surface area contributed by atoms with Crippen LogP contribution in [0.25, 0.3) is 0 Å². The van der Waals surface area contributed by atoms with Crippen molar-refractivity contribution in [3.8, 4) is 0 Å². The smallest absolute Gasteiger partial charge is 0.337 e. The molecule has 18 heavy (non-hydrogen) atoms. The van der Waals surface area contributed by atoms with Gasteiger partial charge in [-0.05, 0) is 12.1 Å². The average molecular weight is 272 g/mol. The van der Waals surface area contributed by atoms with Crippen LogP contribution in [-0.2, 0) is 4.79 Å². The Labute approximate surface area is 109 Å². The Hall–Kier alpha value is -1.95. The molecule has 0 aliphatic carbocycles. The van der Waals surface area contributed by atoms with Gasteiger partial charge in [-0.15, -0.1) is 0 Å². The van der Waals surface area contributed by atoms with Gasteiger partial charge in [-0.2, -0.15) is 0 Å². The molecule has 0 saturated heterocycles. The van der Waals surface area contributed by atoms with E-state index in [0.29, 0.717) is 0 Å². The van der Waals surface area contributed by atoms with Crippen LogP contribution in [0.2, 0.25) is 5.02 Å². The quantitative estimate of drug-likeness (QED) is 0.602. The maximum Gasteiger partial charge on any atom is 0.337 e. The number of hydrogen-bond acceptors (Lipinski definition) is 4. The summed E-state index contributed by atoms with van der Waals surface area (Å²) in [6.45, 7) is 0.281. The molecule has 1 amide bonds. The lowest BCUT2D eigenvalue weighted by molar-refractivity contribution is -0.120. The van der Waals surface area contributed by atoms with Crippen molar-refractivity contribution in [1.29, 1.82) is 0 Å². The summed E-state index contributed by atoms with van der Waals surface area (Å²) in [6, 6.07) is 2.77. The number of hydrogen-bond donors (Lipinski definition) is 4. The van der Waals surface area contributed by atoms with Crippen molar-refractivity contribution in [1.82, 2.24) is 5.32 Å². The minimum absolute atomic E-state index is 0.0168. The van der Waals surface area contributed by atoms with E-state index in [1.165, 1.54) is 19.2 Å². The number of halogens is 1. The lowest BCUT2D eigenvalue weighted by Gasteiger charge is -2.12. The summed E-state index contributed by atoms with van der Waals surface area (Å²) in [6.07, 6.45) is 0.219. The van der Waals surface area contributed by atoms with Crippen LogP contribution in [0.4, 0.5) is 11.4 Å². The molecule has 0 aliphatic heterocycles. The number of anilines is 2. The maximum absolute atomic E-state index is 11.0. The van der Waals surface area contributed by atoms with E-state index in [-0.39, 0.29) is 40.8 Å². The van der Waals surface area contributed by atoms with Crippen molar-refractivity contribution in [3.63, 3.8) is 0 Å². The number of rotatable bonds is 5. The molecule has 0 unspecified atom stereocenters. The van der Waals surface area contributed by atoms with Gasteiger partial charge in [0.25, 0.3) is 0 Å². The normalized spacial score (nSPS) is 9.89. The highest BCUT2D eigenvalue weighted by molar-refractivity contribution is 6.34. The van der Waals surface area contributed by atoms with Gasteiger partial charge < -0.3 is 21.5 Å². The second kappa shape index (κ2) is 6.11. The summed E-state index contributed by atoms with van der Waals surface area (Å²) in [7, 11) is 1.53. The predicted molar refractivity (Wildman–Crippen MR) is 70.0 cm³/mol. The molecule has 0 aliphatic rings. The molecule has 0 fully saturated rings. The SMILES string of the molecule is CNC(=O)CCNc1c(Cl)cc(N)cc1C(=O)O. The number of nitrogens with one attached hydrogen (secondary N) is 2. The molecule has 98 valence electrons. The number of benzene rings is 1. The van der Waals surface area contributed by atoms with Crippen LogP contribution in [0.3, 0.4) is 0 Å². The molecular formula is C11H14ClN3O3. The fourth-order valence-corrected chi connectivity index (χ4v) is 1.70. The molecule has 1 aromatic carbocycles. The Morgan fingerprint density at radius 3 is 2.67 bits per heavy atom. The molecular weight excluding hydrogens is 258 g/mol. The topological polar surface area (TPSA) is 104 Å². The van der Waals surface area contributed by atoms with Gasteiger partial charge in [0, 0.05) is 25.7 Å². The first-order valence-corrected chi connectivity index (χ1v) is 5.60. The zero-order valence-corrected chi connectivity index (χ0v) is 10.5. The second-order valence-electron chi connectivity index (χ2n) is 3.58. The molecule has 0 atom stereocenters. The minimum Gasteiger partial charge on any atom is -0.478 e. The van der Waals surface area contributed by atoms with Crippen molar-refractivity contribution in [2.24, 2.45) is 0 Å². The highest BCUT2D eigenvalue weighted by Crippen LogP contribution is 2.29. The maximum atomic E-state index is 11.0. The Morgan fingerprint density at radius 2 is 2.11 bits per heavy atom. The fraction of sp³-hybridized carbons (Fsp3) is 0.273. The van der Waals surface area contributed by atoms with E-state index in [2.05, 4.69) is 10.6 Å². The first-order chi connectivity index (χ1) is 8.45. The summed E-state index contributed by atoms with van der Waals surface area (Å²) in [5, 5.41) is 14.5. The molecule has 0 aromatic heterocycles. The van der Waals surface area contributed by atoms with Crippen LogP contribution in [-0.4, -0.2) is 30.6 Å². The van der Waals surface area contributed by atoms with E-state index >= 15 is 0 Å². The number of carbonyl (C=O) groups excluding carboxylic acids is 1. The molecule has 0 heterocycles. The highest BCUT2D eigenvalue weighted by Gasteiger charge is 2.14. The number of aromatic carboxylic acids is 1. The predicted octanol–water partition coefficient (Wildman–Crippen LogP) is 1.17. The number of nitrogens with two attached hydrogens (primary N) is 1. The molecule has 0 bridgehead atoms. The summed E-state index contributed by atoms with van der Waals surface area (Å²) in [5.41, 5.74) is 6.05. The van der Waals surface area contributed by atoms with E-state index in [9.17, 15) is 9.59 Å². The molecule has 0 radical (unpaired) electrons. The van der Waals surface area contributed by atoms with Crippen LogP contribution >= 0.6 is 11.6 Å². The van der Waals surface area contributed by atoms with Gasteiger partial charge in [0.2, 0.25) is 5.91 Å². The van der Waals surface area contributed by atoms with Crippen LogP contribution in [0, 0.1) is 0 Å². The van der Waals surface area contributed by atoms with Crippen molar-refractivity contribution in [2.75, 3.05) is 24.6 Å². The summed E-state index contributed by atoms with van der Waals surface area (Å²) < 4.78 is 0. The molecule has 1 rings (SSSR count). The molecule has 6 nitrogen and oxygen atoms in total. The largest absolute Gasteiger partial charge is 0.478 e. The van der Waals surface area contributed by atoms with Gasteiger partial charge >= 0.3 is 5.97 Å². The van der Waals surface area contributed by atoms with Gasteiger partial charge in [0.15, 0.2) is 0 Å². The fourth-order valence-electron chi connectivity index (χ4n) is 1.40. The third kappa shape index (κ3) is 3.53. The highest BCUT2D eigenvalue weighted by atomic mass is 35.5. The standard InChI is InChI=1S/C11H14ClN3O3/c1-14-9(16)2-3-15-10-7(11(17)18)4-6(13)5-8(10)12/h4-5,15H,2-3,13H2,1H3,(H,14,16)(H,17,18). The lowest BCUT2D eigenvalue weighted by atomic mass is 10.1. The molecule has 0 saturated carbocycles. The Morgan fingerprint density at radius 1 is 1.44 bits per heavy atom. The van der Waals surface area contributed by atoms with E-state index in [4.69, 9.17) is 22.4 Å². The van der Waals surface area contributed by atoms with Crippen LogP contribution in [0.1, 0.15) is 16.8 Å². The third-order valence-corrected chi connectivity index (χ3v) is 2.57. The van der Waals surface area contributed by atoms with Gasteiger partial charge in [0.1, 0.15) is 0 Å². The molecule has 1 aromatic rings. The van der Waals surface area contributed by atoms with Crippen molar-refractivity contribution < 1.29 is 14.7 Å². The van der Waals surface area contributed by atoms with E-state index in [0.717, 1.165) is 0 Å². The first kappa shape index (κ1) is 14.1. The number of amides is 1. The first-order valence-electron chi connectivity index (χ1n) is 5.22. The second-order valence-corrected chi connectivity index (χ2v) is 3.99. The Kier molecular flexibility index (Phi) is 4.79. The van der Waals surface area contributed by atoms with Crippen LogP contribution < -0.4 is 16.4 Å². The zero-order valence-electron chi connectivity index (χ0n) is 9.79. The Balaban J connectivity index is 2.87. The summed E-state index contributed by atoms with van der Waals surface area (Å²) >= 11 is 5.92. The van der Waals surface area contributed by atoms with E-state index < -0.39 is 5.97 Å². The lowest BCUT2D eigenvalue weighted by Crippen LogP contribution is -2.21. The number of carboxylic acid groups (broad SMARTS) is 1. The molecule has 7 heteroatoms. The average Bonchev–Trinajstić information content (AvgIpc) is 2.30. The van der Waals surface area contributed by atoms with Gasteiger partial charge in [0.05, 0.1) is 16.3 Å². The molecule has 0 spiro atoms. The van der Waals surface area contributed by atoms with Crippen molar-refractivity contribution in [2.45, 2.75) is 6.42 Å². The number of carboxylic acids is 1. The number of nitrogen functional groups attached to an aromatic ring is 1. The third-order valence-electron chi connectivity index (χ3n) is 2.28. The molecule has 5 N–H and O–H groups in total. The van der Waals surface area contributed by atoms with Crippen LogP contribution in [0.5, 0.6) is 0 Å². The van der Waals surface area contributed by atoms with Gasteiger partial charge in [-0.25, -0.2) is 4.79 Å². The monoisotopic (exact) mass is 271 g/mol. The minimum atomic E-state index is -1.13. The Bertz CT molecular complexity index is 477.